The molecule has 2 saturated heterocycles. The molecule has 174 valence electrons. The topological polar surface area (TPSA) is 263 Å². The third-order valence-electron chi connectivity index (χ3n) is 4.69. The molecule has 10 atom stereocenters. The Morgan fingerprint density at radius 2 is 1.37 bits per heavy atom. The van der Waals surface area contributed by atoms with Gasteiger partial charge in [-0.3, -0.25) is 4.79 Å². The van der Waals surface area contributed by atoms with E-state index < -0.39 is 73.9 Å². The van der Waals surface area contributed by atoms with Crippen LogP contribution in [0, 0.1) is 0 Å². The molecule has 0 spiro atoms. The van der Waals surface area contributed by atoms with E-state index in [0.29, 0.717) is 0 Å². The van der Waals surface area contributed by atoms with E-state index in [2.05, 4.69) is 10.3 Å². The van der Waals surface area contributed by atoms with Crippen molar-refractivity contribution in [2.75, 3.05) is 19.7 Å². The lowest BCUT2D eigenvalue weighted by atomic mass is 9.98. The molecule has 2 rings (SSSR count). The second-order valence-corrected chi connectivity index (χ2v) is 6.89. The molecule has 2 aliphatic heterocycles. The summed E-state index contributed by atoms with van der Waals surface area (Å²) < 4.78 is 15.8. The van der Waals surface area contributed by atoms with Crippen molar-refractivity contribution in [2.45, 2.75) is 61.4 Å². The quantitative estimate of drug-likeness (QED) is 0.130. The van der Waals surface area contributed by atoms with E-state index >= 15 is 0 Å². The summed E-state index contributed by atoms with van der Waals surface area (Å²) in [5, 5.41) is 71.4. The average molecular weight is 440 g/mol. The first-order valence-corrected chi connectivity index (χ1v) is 9.04. The number of aliphatic imine (C=N–C) groups is 1. The van der Waals surface area contributed by atoms with E-state index in [-0.39, 0.29) is 19.0 Å². The highest BCUT2D eigenvalue weighted by atomic mass is 16.8. The fourth-order valence-corrected chi connectivity index (χ4v) is 2.94. The molecule has 12 N–H and O–H groups in total. The summed E-state index contributed by atoms with van der Waals surface area (Å²) >= 11 is 0. The number of guanidine groups is 1. The first kappa shape index (κ1) is 24.6. The van der Waals surface area contributed by atoms with Crippen LogP contribution in [-0.2, 0) is 19.0 Å². The van der Waals surface area contributed by atoms with Crippen LogP contribution in [0.2, 0.25) is 0 Å². The second-order valence-electron chi connectivity index (χ2n) is 6.89. The molecule has 0 unspecified atom stereocenters. The number of carbonyl (C=O) groups excluding carboxylic acids is 1. The van der Waals surface area contributed by atoms with Crippen LogP contribution in [0.1, 0.15) is 0 Å². The van der Waals surface area contributed by atoms with Gasteiger partial charge in [0.2, 0.25) is 5.91 Å². The SMILES string of the molecule is NC(N)=NCC(=O)NC[C@H]1O[C@H](O[C@H]2O[C@H](CO)[C@@H](O)[C@H](O)[C@H]2O)[C@H](O)[C@@H](O)[C@@H]1O. The van der Waals surface area contributed by atoms with E-state index in [1.54, 1.807) is 0 Å². The van der Waals surface area contributed by atoms with Crippen LogP contribution in [0.5, 0.6) is 0 Å². The molecule has 0 aromatic carbocycles. The summed E-state index contributed by atoms with van der Waals surface area (Å²) in [6, 6.07) is 0. The molecule has 30 heavy (non-hydrogen) atoms. The van der Waals surface area contributed by atoms with E-state index in [4.69, 9.17) is 25.7 Å². The fraction of sp³-hybridized carbons (Fsp3) is 0.867. The van der Waals surface area contributed by atoms with Crippen LogP contribution in [-0.4, -0.2) is 129 Å². The summed E-state index contributed by atoms with van der Waals surface area (Å²) in [5.74, 6) is -0.920. The van der Waals surface area contributed by atoms with Crippen LogP contribution < -0.4 is 16.8 Å². The van der Waals surface area contributed by atoms with Gasteiger partial charge in [-0.1, -0.05) is 0 Å². The van der Waals surface area contributed by atoms with Crippen molar-refractivity contribution >= 4 is 11.9 Å². The largest absolute Gasteiger partial charge is 0.394 e. The minimum absolute atomic E-state index is 0.300. The molecule has 0 saturated carbocycles. The monoisotopic (exact) mass is 440 g/mol. The van der Waals surface area contributed by atoms with Crippen molar-refractivity contribution in [1.29, 1.82) is 0 Å². The Labute approximate surface area is 170 Å². The Balaban J connectivity index is 2.01. The summed E-state index contributed by atoms with van der Waals surface area (Å²) in [5.41, 5.74) is 10.2. The smallest absolute Gasteiger partial charge is 0.241 e. The molecular formula is C15H28N4O11. The maximum atomic E-state index is 11.7. The van der Waals surface area contributed by atoms with Gasteiger partial charge < -0.3 is 66.7 Å². The molecule has 1 amide bonds. The summed E-state index contributed by atoms with van der Waals surface area (Å²) in [4.78, 5) is 15.2. The minimum atomic E-state index is -1.79. The number of hydrogen-bond acceptors (Lipinski definition) is 12. The number of rotatable bonds is 7. The highest BCUT2D eigenvalue weighted by Crippen LogP contribution is 2.27. The molecule has 15 nitrogen and oxygen atoms in total. The molecule has 0 aromatic heterocycles. The van der Waals surface area contributed by atoms with Crippen molar-refractivity contribution in [3.05, 3.63) is 0 Å². The molecule has 0 bridgehead atoms. The maximum absolute atomic E-state index is 11.7. The van der Waals surface area contributed by atoms with Gasteiger partial charge in [-0.15, -0.1) is 0 Å². The lowest BCUT2D eigenvalue weighted by Crippen LogP contribution is -2.64. The number of carbonyl (C=O) groups is 1. The summed E-state index contributed by atoms with van der Waals surface area (Å²) in [6.07, 6.45) is -16.1. The van der Waals surface area contributed by atoms with E-state index in [9.17, 15) is 40.5 Å². The highest BCUT2D eigenvalue weighted by Gasteiger charge is 2.49. The number of amides is 1. The van der Waals surface area contributed by atoms with Gasteiger partial charge in [-0.05, 0) is 0 Å². The number of nitrogens with two attached hydrogens (primary N) is 2. The van der Waals surface area contributed by atoms with Crippen molar-refractivity contribution < 1.29 is 54.8 Å². The van der Waals surface area contributed by atoms with Crippen molar-refractivity contribution in [1.82, 2.24) is 5.32 Å². The molecule has 0 radical (unpaired) electrons. The van der Waals surface area contributed by atoms with Crippen LogP contribution in [0.15, 0.2) is 4.99 Å². The van der Waals surface area contributed by atoms with Crippen LogP contribution in [0.3, 0.4) is 0 Å². The molecular weight excluding hydrogens is 412 g/mol. The average Bonchev–Trinajstić information content (AvgIpc) is 2.71. The molecule has 2 fully saturated rings. The third kappa shape index (κ3) is 5.73. The predicted octanol–water partition coefficient (Wildman–Crippen LogP) is -7.00. The second kappa shape index (κ2) is 10.6. The number of hydrogen-bond donors (Lipinski definition) is 10. The van der Waals surface area contributed by atoms with Gasteiger partial charge in [0.25, 0.3) is 0 Å². The van der Waals surface area contributed by atoms with Gasteiger partial charge in [0.15, 0.2) is 18.5 Å². The summed E-state index contributed by atoms with van der Waals surface area (Å²) in [6.45, 7) is -1.41. The highest BCUT2D eigenvalue weighted by molar-refractivity contribution is 5.83. The van der Waals surface area contributed by atoms with Crippen molar-refractivity contribution in [2.24, 2.45) is 16.5 Å². The number of aliphatic hydroxyl groups excluding tert-OH is 7. The molecule has 0 aromatic rings. The number of nitrogens with one attached hydrogen (secondary N) is 1. The van der Waals surface area contributed by atoms with Crippen LogP contribution in [0.25, 0.3) is 0 Å². The Morgan fingerprint density at radius 1 is 0.867 bits per heavy atom. The number of nitrogens with zero attached hydrogens (tertiary/aromatic N) is 1. The van der Waals surface area contributed by atoms with Crippen LogP contribution in [0.4, 0.5) is 0 Å². The van der Waals surface area contributed by atoms with Gasteiger partial charge >= 0.3 is 0 Å². The van der Waals surface area contributed by atoms with E-state index in [1.807, 2.05) is 0 Å². The Hall–Kier alpha value is -1.66. The standard InChI is InChI=1S/C15H28N4O11/c16-15(17)19-2-6(21)18-1-4-7(22)9(24)11(26)13(28-4)30-14-12(27)10(25)8(23)5(3-20)29-14/h4-5,7-14,20,22-27H,1-3H2,(H,18,21)(H4,16,17,19)/t4-,5-,7-,8-,9+,10+,11-,12-,13-,14-/m1/s1. The zero-order chi connectivity index (χ0) is 22.6. The Morgan fingerprint density at radius 3 is 1.87 bits per heavy atom. The minimum Gasteiger partial charge on any atom is -0.394 e. The lowest BCUT2D eigenvalue weighted by Gasteiger charge is -2.44. The zero-order valence-electron chi connectivity index (χ0n) is 15.8. The predicted molar refractivity (Wildman–Crippen MR) is 95.2 cm³/mol. The number of ether oxygens (including phenoxy) is 3. The first-order chi connectivity index (χ1) is 14.1. The maximum Gasteiger partial charge on any atom is 0.241 e. The Bertz CT molecular complexity index is 605. The van der Waals surface area contributed by atoms with Crippen LogP contribution >= 0.6 is 0 Å². The van der Waals surface area contributed by atoms with Gasteiger partial charge in [-0.25, -0.2) is 4.99 Å². The van der Waals surface area contributed by atoms with Crippen molar-refractivity contribution in [3.63, 3.8) is 0 Å². The van der Waals surface area contributed by atoms with Gasteiger partial charge in [0.1, 0.15) is 55.4 Å². The van der Waals surface area contributed by atoms with Gasteiger partial charge in [-0.2, -0.15) is 0 Å². The first-order valence-electron chi connectivity index (χ1n) is 9.04. The lowest BCUT2D eigenvalue weighted by molar-refractivity contribution is -0.374. The normalized spacial score (nSPS) is 41.8. The summed E-state index contributed by atoms with van der Waals surface area (Å²) in [7, 11) is 0. The fourth-order valence-electron chi connectivity index (χ4n) is 2.94. The third-order valence-corrected chi connectivity index (χ3v) is 4.69. The molecule has 15 heteroatoms. The van der Waals surface area contributed by atoms with Crippen molar-refractivity contribution in [3.8, 4) is 0 Å². The van der Waals surface area contributed by atoms with Gasteiger partial charge in [0.05, 0.1) is 6.61 Å². The van der Waals surface area contributed by atoms with E-state index in [1.165, 1.54) is 0 Å². The molecule has 0 aliphatic carbocycles. The number of aliphatic hydroxyl groups is 7. The van der Waals surface area contributed by atoms with E-state index in [0.717, 1.165) is 0 Å². The zero-order valence-corrected chi connectivity index (χ0v) is 15.8. The molecule has 2 heterocycles. The van der Waals surface area contributed by atoms with Gasteiger partial charge in [0, 0.05) is 6.54 Å². The molecule has 2 aliphatic rings. The Kier molecular flexibility index (Phi) is 8.68.